The lowest BCUT2D eigenvalue weighted by Gasteiger charge is -2.24. The average molecular weight is 252 g/mol. The summed E-state index contributed by atoms with van der Waals surface area (Å²) in [4.78, 5) is 14.7. The minimum Gasteiger partial charge on any atom is -0.379 e. The van der Waals surface area contributed by atoms with Crippen molar-refractivity contribution >= 4 is 17.3 Å². The standard InChI is InChI=1S/C11H16N4O3/c1-11(3-4-18-7-11)14-10-6-8(15(16)17)5-9(12-2)13-10/h5-6H,3-4,7H2,1-2H3,(H2,12,13,14). The molecule has 1 saturated heterocycles. The fraction of sp³-hybridized carbons (Fsp3) is 0.545. The van der Waals surface area contributed by atoms with Crippen LogP contribution in [0.3, 0.4) is 0 Å². The number of aromatic nitrogens is 1. The first-order valence-corrected chi connectivity index (χ1v) is 5.73. The van der Waals surface area contributed by atoms with Gasteiger partial charge in [0.2, 0.25) is 0 Å². The van der Waals surface area contributed by atoms with Crippen molar-refractivity contribution in [3.05, 3.63) is 22.2 Å². The molecule has 2 N–H and O–H groups in total. The molecule has 0 spiro atoms. The van der Waals surface area contributed by atoms with Gasteiger partial charge in [0.25, 0.3) is 5.69 Å². The van der Waals surface area contributed by atoms with Gasteiger partial charge in [-0.3, -0.25) is 10.1 Å². The Hall–Kier alpha value is -1.89. The molecule has 2 heterocycles. The van der Waals surface area contributed by atoms with Gasteiger partial charge in [0.15, 0.2) is 0 Å². The Morgan fingerprint density at radius 1 is 1.50 bits per heavy atom. The van der Waals surface area contributed by atoms with E-state index >= 15 is 0 Å². The normalized spacial score (nSPS) is 22.8. The third-order valence-electron chi connectivity index (χ3n) is 2.93. The van der Waals surface area contributed by atoms with Crippen molar-refractivity contribution in [3.63, 3.8) is 0 Å². The van der Waals surface area contributed by atoms with E-state index in [9.17, 15) is 10.1 Å². The lowest BCUT2D eigenvalue weighted by molar-refractivity contribution is -0.384. The molecule has 7 heteroatoms. The second kappa shape index (κ2) is 4.77. The first kappa shape index (κ1) is 12.6. The van der Waals surface area contributed by atoms with E-state index in [1.54, 1.807) is 7.05 Å². The van der Waals surface area contributed by atoms with E-state index in [2.05, 4.69) is 15.6 Å². The fourth-order valence-corrected chi connectivity index (χ4v) is 1.89. The Morgan fingerprint density at radius 3 is 2.78 bits per heavy atom. The van der Waals surface area contributed by atoms with Crippen molar-refractivity contribution in [2.75, 3.05) is 30.9 Å². The van der Waals surface area contributed by atoms with Crippen LogP contribution in [-0.2, 0) is 4.74 Å². The van der Waals surface area contributed by atoms with Crippen molar-refractivity contribution < 1.29 is 9.66 Å². The molecule has 1 atom stereocenters. The van der Waals surface area contributed by atoms with Crippen LogP contribution in [0.2, 0.25) is 0 Å². The second-order valence-electron chi connectivity index (χ2n) is 4.59. The Bertz CT molecular complexity index is 458. The van der Waals surface area contributed by atoms with Gasteiger partial charge in [-0.2, -0.15) is 0 Å². The van der Waals surface area contributed by atoms with E-state index < -0.39 is 4.92 Å². The summed E-state index contributed by atoms with van der Waals surface area (Å²) in [5, 5.41) is 16.9. The summed E-state index contributed by atoms with van der Waals surface area (Å²) in [6, 6.07) is 2.84. The third-order valence-corrected chi connectivity index (χ3v) is 2.93. The fourth-order valence-electron chi connectivity index (χ4n) is 1.89. The predicted molar refractivity (Wildman–Crippen MR) is 67.9 cm³/mol. The van der Waals surface area contributed by atoms with E-state index in [0.29, 0.717) is 24.8 Å². The van der Waals surface area contributed by atoms with Crippen molar-refractivity contribution in [1.82, 2.24) is 4.98 Å². The highest BCUT2D eigenvalue weighted by molar-refractivity contribution is 5.55. The maximum atomic E-state index is 10.8. The molecule has 1 aromatic heterocycles. The number of anilines is 2. The summed E-state index contributed by atoms with van der Waals surface area (Å²) >= 11 is 0. The van der Waals surface area contributed by atoms with Crippen molar-refractivity contribution in [1.29, 1.82) is 0 Å². The van der Waals surface area contributed by atoms with Crippen molar-refractivity contribution in [2.24, 2.45) is 0 Å². The zero-order valence-corrected chi connectivity index (χ0v) is 10.4. The predicted octanol–water partition coefficient (Wildman–Crippen LogP) is 1.62. The highest BCUT2D eigenvalue weighted by Crippen LogP contribution is 2.26. The summed E-state index contributed by atoms with van der Waals surface area (Å²) in [5.74, 6) is 0.954. The molecular formula is C11H16N4O3. The van der Waals surface area contributed by atoms with Crippen LogP contribution in [0, 0.1) is 10.1 Å². The molecule has 1 aliphatic rings. The Balaban J connectivity index is 2.26. The summed E-state index contributed by atoms with van der Waals surface area (Å²) in [6.07, 6.45) is 0.853. The largest absolute Gasteiger partial charge is 0.379 e. The maximum Gasteiger partial charge on any atom is 0.276 e. The SMILES string of the molecule is CNc1cc([N+](=O)[O-])cc(NC2(C)CCOC2)n1. The monoisotopic (exact) mass is 252 g/mol. The smallest absolute Gasteiger partial charge is 0.276 e. The minimum absolute atomic E-state index is 0.0133. The molecule has 7 nitrogen and oxygen atoms in total. The molecule has 0 bridgehead atoms. The van der Waals surface area contributed by atoms with Gasteiger partial charge in [-0.05, 0) is 13.3 Å². The number of pyridine rings is 1. The van der Waals surface area contributed by atoms with Crippen LogP contribution < -0.4 is 10.6 Å². The molecular weight excluding hydrogens is 236 g/mol. The van der Waals surface area contributed by atoms with Gasteiger partial charge in [-0.1, -0.05) is 0 Å². The number of hydrogen-bond donors (Lipinski definition) is 2. The molecule has 0 amide bonds. The number of hydrogen-bond acceptors (Lipinski definition) is 6. The molecule has 0 aliphatic carbocycles. The Morgan fingerprint density at radius 2 is 2.22 bits per heavy atom. The summed E-state index contributed by atoms with van der Waals surface area (Å²) < 4.78 is 5.33. The summed E-state index contributed by atoms with van der Waals surface area (Å²) in [5.41, 5.74) is -0.202. The molecule has 0 saturated carbocycles. The third kappa shape index (κ3) is 2.67. The molecule has 1 aromatic rings. The van der Waals surface area contributed by atoms with E-state index in [1.165, 1.54) is 12.1 Å². The zero-order chi connectivity index (χ0) is 13.2. The van der Waals surface area contributed by atoms with Gasteiger partial charge >= 0.3 is 0 Å². The van der Waals surface area contributed by atoms with E-state index in [1.807, 2.05) is 6.92 Å². The zero-order valence-electron chi connectivity index (χ0n) is 10.4. The molecule has 0 radical (unpaired) electrons. The first-order chi connectivity index (χ1) is 8.52. The minimum atomic E-state index is -0.429. The second-order valence-corrected chi connectivity index (χ2v) is 4.59. The topological polar surface area (TPSA) is 89.3 Å². The van der Waals surface area contributed by atoms with Crippen LogP contribution in [0.15, 0.2) is 12.1 Å². The van der Waals surface area contributed by atoms with Crippen LogP contribution in [-0.4, -0.2) is 35.7 Å². The van der Waals surface area contributed by atoms with E-state index in [-0.39, 0.29) is 11.2 Å². The van der Waals surface area contributed by atoms with Crippen LogP contribution in [0.4, 0.5) is 17.3 Å². The quantitative estimate of drug-likeness (QED) is 0.625. The molecule has 2 rings (SSSR count). The van der Waals surface area contributed by atoms with Crippen LogP contribution in [0.5, 0.6) is 0 Å². The molecule has 1 aliphatic heterocycles. The molecule has 98 valence electrons. The number of rotatable bonds is 4. The average Bonchev–Trinajstić information content (AvgIpc) is 2.75. The highest BCUT2D eigenvalue weighted by Gasteiger charge is 2.30. The molecule has 0 aromatic carbocycles. The van der Waals surface area contributed by atoms with Gasteiger partial charge in [0.1, 0.15) is 11.6 Å². The Kier molecular flexibility index (Phi) is 3.33. The molecule has 18 heavy (non-hydrogen) atoms. The number of nitro groups is 1. The highest BCUT2D eigenvalue weighted by atomic mass is 16.6. The van der Waals surface area contributed by atoms with Crippen molar-refractivity contribution in [2.45, 2.75) is 18.9 Å². The number of ether oxygens (including phenoxy) is 1. The van der Waals surface area contributed by atoms with Gasteiger partial charge < -0.3 is 15.4 Å². The van der Waals surface area contributed by atoms with Gasteiger partial charge in [0, 0.05) is 13.7 Å². The lowest BCUT2D eigenvalue weighted by atomic mass is 10.0. The Labute approximate surface area is 105 Å². The van der Waals surface area contributed by atoms with Gasteiger partial charge in [-0.25, -0.2) is 4.98 Å². The van der Waals surface area contributed by atoms with Crippen LogP contribution in [0.25, 0.3) is 0 Å². The van der Waals surface area contributed by atoms with Crippen molar-refractivity contribution in [3.8, 4) is 0 Å². The molecule has 1 unspecified atom stereocenters. The number of nitrogens with zero attached hydrogens (tertiary/aromatic N) is 2. The molecule has 1 fully saturated rings. The van der Waals surface area contributed by atoms with Gasteiger partial charge in [0.05, 0.1) is 29.2 Å². The van der Waals surface area contributed by atoms with Crippen LogP contribution in [0.1, 0.15) is 13.3 Å². The van der Waals surface area contributed by atoms with E-state index in [0.717, 1.165) is 6.42 Å². The maximum absolute atomic E-state index is 10.8. The van der Waals surface area contributed by atoms with Crippen LogP contribution >= 0.6 is 0 Å². The number of nitrogens with one attached hydrogen (secondary N) is 2. The lowest BCUT2D eigenvalue weighted by Crippen LogP contribution is -2.35. The van der Waals surface area contributed by atoms with E-state index in [4.69, 9.17) is 4.74 Å². The first-order valence-electron chi connectivity index (χ1n) is 5.73. The summed E-state index contributed by atoms with van der Waals surface area (Å²) in [6.45, 7) is 3.28. The summed E-state index contributed by atoms with van der Waals surface area (Å²) in [7, 11) is 1.68. The van der Waals surface area contributed by atoms with Gasteiger partial charge in [-0.15, -0.1) is 0 Å².